The van der Waals surface area contributed by atoms with E-state index in [1.807, 2.05) is 0 Å². The van der Waals surface area contributed by atoms with E-state index in [1.54, 1.807) is 20.9 Å². The average molecular weight is 228 g/mol. The highest BCUT2D eigenvalue weighted by molar-refractivity contribution is 6.48. The topological polar surface area (TPSA) is 63.4 Å². The molecule has 0 N–H and O–H groups in total. The summed E-state index contributed by atoms with van der Waals surface area (Å²) in [7, 11) is 1.59. The smallest absolute Gasteiger partial charge is 0.255 e. The predicted molar refractivity (Wildman–Crippen MR) is 56.2 cm³/mol. The Morgan fingerprint density at radius 3 is 2.87 bits per heavy atom. The number of aromatic nitrogens is 3. The number of anilines is 1. The number of rotatable bonds is 0. The minimum atomic E-state index is -1.13. The molecule has 1 aliphatic heterocycles. The fraction of sp³-hybridized carbons (Fsp3) is 0.500. The summed E-state index contributed by atoms with van der Waals surface area (Å²) in [4.78, 5) is 12.2. The first-order valence-corrected chi connectivity index (χ1v) is 4.75. The second-order valence-corrected chi connectivity index (χ2v) is 4.28. The van der Waals surface area contributed by atoms with Crippen LogP contribution in [0.1, 0.15) is 13.8 Å². The van der Waals surface area contributed by atoms with Crippen molar-refractivity contribution in [3.05, 3.63) is 6.33 Å². The molecule has 15 heavy (non-hydrogen) atoms. The second kappa shape index (κ2) is 3.03. The number of amides is 1. The Kier molecular flexibility index (Phi) is 2.04. The van der Waals surface area contributed by atoms with E-state index in [1.165, 1.54) is 15.9 Å². The summed E-state index contributed by atoms with van der Waals surface area (Å²) in [6, 6.07) is 0. The maximum atomic E-state index is 12.0. The molecule has 80 valence electrons. The molecule has 0 spiro atoms. The third kappa shape index (κ3) is 1.32. The van der Waals surface area contributed by atoms with Gasteiger partial charge in [0.2, 0.25) is 0 Å². The minimum Gasteiger partial charge on any atom is -0.281 e. The van der Waals surface area contributed by atoms with Crippen molar-refractivity contribution in [2.24, 2.45) is 5.10 Å². The number of hydrogen-bond acceptors (Lipinski definition) is 4. The summed E-state index contributed by atoms with van der Waals surface area (Å²) in [5.74, 6) is 0.0980. The quantitative estimate of drug-likeness (QED) is 0.606. The number of carbonyl (C=O) groups excluding carboxylic acids is 1. The molecule has 1 aliphatic rings. The Hall–Kier alpha value is -1.43. The maximum Gasteiger partial charge on any atom is 0.255 e. The fourth-order valence-corrected chi connectivity index (χ4v) is 1.50. The van der Waals surface area contributed by atoms with Gasteiger partial charge in [-0.3, -0.25) is 9.69 Å². The van der Waals surface area contributed by atoms with Crippen LogP contribution in [0.25, 0.3) is 0 Å². The van der Waals surface area contributed by atoms with Gasteiger partial charge in [0.15, 0.2) is 4.87 Å². The fourth-order valence-electron chi connectivity index (χ4n) is 1.33. The van der Waals surface area contributed by atoms with E-state index in [4.69, 9.17) is 11.6 Å². The molecule has 2 heterocycles. The van der Waals surface area contributed by atoms with Crippen molar-refractivity contribution in [1.29, 1.82) is 0 Å². The highest BCUT2D eigenvalue weighted by atomic mass is 35.5. The molecular formula is C8H10ClN5O. The molecule has 0 radical (unpaired) electrons. The summed E-state index contributed by atoms with van der Waals surface area (Å²) in [5, 5.41) is 11.6. The van der Waals surface area contributed by atoms with Gasteiger partial charge in [-0.1, -0.05) is 0 Å². The lowest BCUT2D eigenvalue weighted by molar-refractivity contribution is -0.119. The molecule has 1 aromatic rings. The van der Waals surface area contributed by atoms with Crippen molar-refractivity contribution in [1.82, 2.24) is 14.9 Å². The molecule has 0 bridgehead atoms. The number of alkyl halides is 1. The Morgan fingerprint density at radius 1 is 1.53 bits per heavy atom. The van der Waals surface area contributed by atoms with Gasteiger partial charge in [-0.2, -0.15) is 9.78 Å². The molecule has 0 fully saturated rings. The van der Waals surface area contributed by atoms with Crippen LogP contribution in [0.15, 0.2) is 11.4 Å². The molecular weight excluding hydrogens is 218 g/mol. The van der Waals surface area contributed by atoms with Crippen LogP contribution in [0.3, 0.4) is 0 Å². The van der Waals surface area contributed by atoms with E-state index in [0.29, 0.717) is 11.7 Å². The maximum absolute atomic E-state index is 12.0. The molecule has 1 amide bonds. The van der Waals surface area contributed by atoms with Crippen molar-refractivity contribution >= 4 is 29.2 Å². The highest BCUT2D eigenvalue weighted by Gasteiger charge is 2.40. The van der Waals surface area contributed by atoms with Crippen LogP contribution in [-0.4, -0.2) is 38.4 Å². The Morgan fingerprint density at radius 2 is 2.20 bits per heavy atom. The van der Waals surface area contributed by atoms with E-state index in [-0.39, 0.29) is 5.91 Å². The third-order valence-corrected chi connectivity index (χ3v) is 2.89. The lowest BCUT2D eigenvalue weighted by Crippen LogP contribution is -2.45. The lowest BCUT2D eigenvalue weighted by atomic mass is 10.1. The Balaban J connectivity index is 2.63. The normalized spacial score (nSPS) is 26.0. The van der Waals surface area contributed by atoms with Crippen molar-refractivity contribution in [2.75, 3.05) is 11.9 Å². The highest BCUT2D eigenvalue weighted by Crippen LogP contribution is 2.25. The number of nitrogens with zero attached hydrogens (tertiary/aromatic N) is 5. The monoisotopic (exact) mass is 227 g/mol. The van der Waals surface area contributed by atoms with Gasteiger partial charge in [0.05, 0.1) is 5.71 Å². The van der Waals surface area contributed by atoms with Gasteiger partial charge < -0.3 is 0 Å². The number of hydrogen-bond donors (Lipinski definition) is 0. The standard InChI is InChI=1S/C8H10ClN5O/c1-5-8(2,9)6(15)13(3)7-11-10-4-14(7)12-5/h4H,1-3H3. The summed E-state index contributed by atoms with van der Waals surface area (Å²) in [5.41, 5.74) is 0.513. The van der Waals surface area contributed by atoms with Crippen molar-refractivity contribution in [2.45, 2.75) is 18.7 Å². The van der Waals surface area contributed by atoms with Crippen LogP contribution in [0.2, 0.25) is 0 Å². The third-order valence-electron chi connectivity index (χ3n) is 2.46. The van der Waals surface area contributed by atoms with Gasteiger partial charge in [-0.15, -0.1) is 21.8 Å². The lowest BCUT2D eigenvalue weighted by Gasteiger charge is -2.22. The van der Waals surface area contributed by atoms with Crippen LogP contribution in [-0.2, 0) is 4.79 Å². The SMILES string of the molecule is CC1=Nn2cnnc2N(C)C(=O)C1(C)Cl. The largest absolute Gasteiger partial charge is 0.281 e. The van der Waals surface area contributed by atoms with Gasteiger partial charge in [0, 0.05) is 7.05 Å². The minimum absolute atomic E-state index is 0.267. The van der Waals surface area contributed by atoms with Gasteiger partial charge in [-0.25, -0.2) is 0 Å². The predicted octanol–water partition coefficient (Wildman–Crippen LogP) is 0.476. The van der Waals surface area contributed by atoms with Crippen molar-refractivity contribution in [3.63, 3.8) is 0 Å². The molecule has 0 aromatic carbocycles. The molecule has 7 heteroatoms. The zero-order chi connectivity index (χ0) is 11.2. The van der Waals surface area contributed by atoms with Crippen molar-refractivity contribution in [3.8, 4) is 0 Å². The summed E-state index contributed by atoms with van der Waals surface area (Å²) in [6.07, 6.45) is 1.43. The van der Waals surface area contributed by atoms with Gasteiger partial charge in [-0.05, 0) is 13.8 Å². The van der Waals surface area contributed by atoms with Gasteiger partial charge >= 0.3 is 0 Å². The summed E-state index contributed by atoms with van der Waals surface area (Å²) < 4.78 is 1.43. The molecule has 1 aromatic heterocycles. The first-order chi connectivity index (χ1) is 6.94. The first-order valence-electron chi connectivity index (χ1n) is 4.37. The van der Waals surface area contributed by atoms with E-state index in [2.05, 4.69) is 15.3 Å². The number of halogens is 1. The van der Waals surface area contributed by atoms with E-state index in [0.717, 1.165) is 0 Å². The molecule has 0 aliphatic carbocycles. The van der Waals surface area contributed by atoms with E-state index < -0.39 is 4.87 Å². The average Bonchev–Trinajstić information content (AvgIpc) is 2.60. The Labute approximate surface area is 91.5 Å². The number of fused-ring (bicyclic) bond motifs is 1. The molecule has 6 nitrogen and oxygen atoms in total. The van der Waals surface area contributed by atoms with Crippen LogP contribution in [0, 0.1) is 0 Å². The summed E-state index contributed by atoms with van der Waals surface area (Å²) in [6.45, 7) is 3.32. The number of carbonyl (C=O) groups is 1. The zero-order valence-electron chi connectivity index (χ0n) is 8.60. The van der Waals surface area contributed by atoms with E-state index in [9.17, 15) is 4.79 Å². The first kappa shape index (κ1) is 10.1. The zero-order valence-corrected chi connectivity index (χ0v) is 9.36. The second-order valence-electron chi connectivity index (χ2n) is 3.53. The van der Waals surface area contributed by atoms with Gasteiger partial charge in [0.25, 0.3) is 11.9 Å². The van der Waals surface area contributed by atoms with Crippen LogP contribution in [0.4, 0.5) is 5.95 Å². The van der Waals surface area contributed by atoms with Gasteiger partial charge in [0.1, 0.15) is 6.33 Å². The van der Waals surface area contributed by atoms with Crippen LogP contribution in [0.5, 0.6) is 0 Å². The molecule has 0 saturated heterocycles. The Bertz CT molecular complexity index is 450. The molecule has 2 rings (SSSR count). The van der Waals surface area contributed by atoms with E-state index >= 15 is 0 Å². The molecule has 0 saturated carbocycles. The van der Waals surface area contributed by atoms with Crippen LogP contribution < -0.4 is 4.90 Å². The summed E-state index contributed by atoms with van der Waals surface area (Å²) >= 11 is 6.14. The molecule has 1 unspecified atom stereocenters. The van der Waals surface area contributed by atoms with Crippen molar-refractivity contribution < 1.29 is 4.79 Å². The molecule has 1 atom stereocenters. The van der Waals surface area contributed by atoms with Crippen LogP contribution >= 0.6 is 11.6 Å².